The number of hydrogen-bond acceptors (Lipinski definition) is 5. The molecule has 7 heteroatoms. The van der Waals surface area contributed by atoms with Gasteiger partial charge in [0.25, 0.3) is 0 Å². The number of rotatable bonds is 7. The Kier molecular flexibility index (Phi) is 5.70. The van der Waals surface area contributed by atoms with E-state index in [0.717, 1.165) is 47.9 Å². The molecule has 6 nitrogen and oxygen atoms in total. The minimum atomic E-state index is -0.257. The second kappa shape index (κ2) is 8.00. The van der Waals surface area contributed by atoms with Crippen LogP contribution in [0.5, 0.6) is 0 Å². The molecule has 0 aliphatic rings. The van der Waals surface area contributed by atoms with Crippen LogP contribution in [0.15, 0.2) is 24.3 Å². The van der Waals surface area contributed by atoms with Crippen LogP contribution in [0.4, 0.5) is 10.2 Å². The number of likely N-dealkylation sites (N-methyl/N-ethyl adjacent to an activating group) is 1. The summed E-state index contributed by atoms with van der Waals surface area (Å²) in [5.74, 6) is 1.97. The van der Waals surface area contributed by atoms with Gasteiger partial charge in [0.2, 0.25) is 0 Å². The van der Waals surface area contributed by atoms with E-state index in [9.17, 15) is 4.39 Å². The van der Waals surface area contributed by atoms with Crippen molar-refractivity contribution in [3.63, 3.8) is 0 Å². The fraction of sp³-hybridized carbons (Fsp3) is 0.450. The van der Waals surface area contributed by atoms with Gasteiger partial charge in [-0.05, 0) is 58.6 Å². The predicted octanol–water partition coefficient (Wildman–Crippen LogP) is 3.71. The summed E-state index contributed by atoms with van der Waals surface area (Å²) in [5, 5.41) is 3.47. The monoisotopic (exact) mass is 370 g/mol. The minimum absolute atomic E-state index is 0.211. The third kappa shape index (κ3) is 4.24. The van der Waals surface area contributed by atoms with Crippen molar-refractivity contribution in [3.8, 4) is 11.4 Å². The minimum Gasteiger partial charge on any atom is -0.364 e. The van der Waals surface area contributed by atoms with Crippen molar-refractivity contribution in [3.05, 3.63) is 35.9 Å². The Morgan fingerprint density at radius 1 is 1.15 bits per heavy atom. The van der Waals surface area contributed by atoms with Gasteiger partial charge in [0.15, 0.2) is 17.0 Å². The second-order valence-electron chi connectivity index (χ2n) is 7.19. The highest BCUT2D eigenvalue weighted by molar-refractivity contribution is 5.86. The Morgan fingerprint density at radius 3 is 2.48 bits per heavy atom. The van der Waals surface area contributed by atoms with Crippen LogP contribution in [0.1, 0.15) is 26.1 Å². The number of aromatic nitrogens is 4. The molecule has 2 heterocycles. The van der Waals surface area contributed by atoms with Gasteiger partial charge >= 0.3 is 0 Å². The van der Waals surface area contributed by atoms with Crippen LogP contribution >= 0.6 is 0 Å². The summed E-state index contributed by atoms with van der Waals surface area (Å²) < 4.78 is 15.5. The molecule has 0 aliphatic carbocycles. The largest absolute Gasteiger partial charge is 0.364 e. The molecule has 0 bridgehead atoms. The van der Waals surface area contributed by atoms with E-state index >= 15 is 0 Å². The van der Waals surface area contributed by atoms with E-state index in [2.05, 4.69) is 38.6 Å². The maximum atomic E-state index is 13.4. The van der Waals surface area contributed by atoms with Gasteiger partial charge in [0.05, 0.1) is 0 Å². The zero-order chi connectivity index (χ0) is 19.6. The molecule has 0 saturated carbocycles. The highest BCUT2D eigenvalue weighted by Gasteiger charge is 2.19. The van der Waals surface area contributed by atoms with E-state index in [4.69, 9.17) is 4.98 Å². The standard InChI is InChI=1S/C20H27FN6/c1-6-11-27-19(15-7-9-16(21)10-8-15)25-17-18(22-13(2)12-26(4)5)23-14(3)24-20(17)27/h7-10,13H,6,11-12H2,1-5H3,(H,22,23,24). The molecular weight excluding hydrogens is 343 g/mol. The number of nitrogens with zero attached hydrogens (tertiary/aromatic N) is 5. The molecule has 144 valence electrons. The summed E-state index contributed by atoms with van der Waals surface area (Å²) in [7, 11) is 4.09. The SMILES string of the molecule is CCCn1c(-c2ccc(F)cc2)nc2c(NC(C)CN(C)C)nc(C)nc21. The molecule has 0 amide bonds. The van der Waals surface area contributed by atoms with Crippen LogP contribution in [-0.4, -0.2) is 51.1 Å². The lowest BCUT2D eigenvalue weighted by Gasteiger charge is -2.19. The first-order valence-corrected chi connectivity index (χ1v) is 9.31. The fourth-order valence-corrected chi connectivity index (χ4v) is 3.29. The first kappa shape index (κ1) is 19.2. The summed E-state index contributed by atoms with van der Waals surface area (Å²) in [6, 6.07) is 6.64. The Bertz CT molecular complexity index is 916. The molecular formula is C20H27FN6. The summed E-state index contributed by atoms with van der Waals surface area (Å²) >= 11 is 0. The van der Waals surface area contributed by atoms with Crippen molar-refractivity contribution >= 4 is 17.0 Å². The zero-order valence-corrected chi connectivity index (χ0v) is 16.6. The van der Waals surface area contributed by atoms with Crippen LogP contribution in [-0.2, 0) is 6.54 Å². The van der Waals surface area contributed by atoms with Gasteiger partial charge in [0.1, 0.15) is 17.5 Å². The van der Waals surface area contributed by atoms with Crippen LogP contribution in [0.2, 0.25) is 0 Å². The number of fused-ring (bicyclic) bond motifs is 1. The number of benzene rings is 1. The Morgan fingerprint density at radius 2 is 1.85 bits per heavy atom. The lowest BCUT2D eigenvalue weighted by atomic mass is 10.2. The molecule has 1 atom stereocenters. The van der Waals surface area contributed by atoms with Crippen molar-refractivity contribution in [2.45, 2.75) is 39.8 Å². The average Bonchev–Trinajstić information content (AvgIpc) is 2.94. The first-order valence-electron chi connectivity index (χ1n) is 9.31. The molecule has 1 N–H and O–H groups in total. The van der Waals surface area contributed by atoms with Gasteiger partial charge in [-0.25, -0.2) is 19.3 Å². The summed E-state index contributed by atoms with van der Waals surface area (Å²) in [6.45, 7) is 7.79. The van der Waals surface area contributed by atoms with E-state index in [0.29, 0.717) is 5.82 Å². The Balaban J connectivity index is 2.13. The number of aryl methyl sites for hydroxylation is 2. The molecule has 0 aliphatic heterocycles. The van der Waals surface area contributed by atoms with Crippen molar-refractivity contribution < 1.29 is 4.39 Å². The molecule has 0 fully saturated rings. The maximum Gasteiger partial charge on any atom is 0.166 e. The predicted molar refractivity (Wildman–Crippen MR) is 107 cm³/mol. The molecule has 0 radical (unpaired) electrons. The third-order valence-electron chi connectivity index (χ3n) is 4.28. The quantitative estimate of drug-likeness (QED) is 0.687. The van der Waals surface area contributed by atoms with Crippen molar-refractivity contribution in [1.82, 2.24) is 24.4 Å². The third-order valence-corrected chi connectivity index (χ3v) is 4.28. The van der Waals surface area contributed by atoms with Gasteiger partial charge in [-0.3, -0.25) is 0 Å². The van der Waals surface area contributed by atoms with Gasteiger partial charge in [-0.1, -0.05) is 6.92 Å². The summed E-state index contributed by atoms with van der Waals surface area (Å²) in [6.07, 6.45) is 0.947. The number of halogens is 1. The van der Waals surface area contributed by atoms with Crippen LogP contribution in [0.3, 0.4) is 0 Å². The Labute approximate surface area is 159 Å². The average molecular weight is 370 g/mol. The molecule has 0 saturated heterocycles. The van der Waals surface area contributed by atoms with Gasteiger partial charge < -0.3 is 14.8 Å². The Hall–Kier alpha value is -2.54. The topological polar surface area (TPSA) is 58.9 Å². The van der Waals surface area contributed by atoms with E-state index in [-0.39, 0.29) is 11.9 Å². The lowest BCUT2D eigenvalue weighted by Crippen LogP contribution is -2.30. The number of hydrogen-bond donors (Lipinski definition) is 1. The van der Waals surface area contributed by atoms with E-state index < -0.39 is 0 Å². The van der Waals surface area contributed by atoms with E-state index in [1.54, 1.807) is 12.1 Å². The van der Waals surface area contributed by atoms with Crippen LogP contribution in [0.25, 0.3) is 22.6 Å². The van der Waals surface area contributed by atoms with Crippen molar-refractivity contribution in [1.29, 1.82) is 0 Å². The molecule has 1 aromatic carbocycles. The fourth-order valence-electron chi connectivity index (χ4n) is 3.29. The molecule has 2 aromatic heterocycles. The van der Waals surface area contributed by atoms with E-state index in [1.165, 1.54) is 12.1 Å². The molecule has 0 spiro atoms. The van der Waals surface area contributed by atoms with Crippen LogP contribution in [0, 0.1) is 12.7 Å². The summed E-state index contributed by atoms with van der Waals surface area (Å²) in [4.78, 5) is 16.2. The number of anilines is 1. The number of nitrogens with one attached hydrogen (secondary N) is 1. The molecule has 27 heavy (non-hydrogen) atoms. The molecule has 1 unspecified atom stereocenters. The van der Waals surface area contributed by atoms with Gasteiger partial charge in [-0.2, -0.15) is 0 Å². The lowest BCUT2D eigenvalue weighted by molar-refractivity contribution is 0.392. The van der Waals surface area contributed by atoms with Crippen molar-refractivity contribution in [2.75, 3.05) is 26.0 Å². The normalized spacial score (nSPS) is 12.7. The smallest absolute Gasteiger partial charge is 0.166 e. The van der Waals surface area contributed by atoms with Gasteiger partial charge in [-0.15, -0.1) is 0 Å². The van der Waals surface area contributed by atoms with Crippen LogP contribution < -0.4 is 5.32 Å². The first-order chi connectivity index (χ1) is 12.9. The zero-order valence-electron chi connectivity index (χ0n) is 16.6. The molecule has 3 aromatic rings. The summed E-state index contributed by atoms with van der Waals surface area (Å²) in [5.41, 5.74) is 2.43. The highest BCUT2D eigenvalue weighted by Crippen LogP contribution is 2.28. The van der Waals surface area contributed by atoms with Crippen molar-refractivity contribution in [2.24, 2.45) is 0 Å². The van der Waals surface area contributed by atoms with E-state index in [1.807, 2.05) is 21.0 Å². The number of imidazole rings is 1. The molecule has 3 rings (SSSR count). The second-order valence-corrected chi connectivity index (χ2v) is 7.19. The highest BCUT2D eigenvalue weighted by atomic mass is 19.1. The maximum absolute atomic E-state index is 13.4. The van der Waals surface area contributed by atoms with Gasteiger partial charge in [0, 0.05) is 24.7 Å².